The standard InChI is InChI=1S/C23H26N2O3/c26-21(14-23-11-15-8-16(12-23)10-17(9-15)13-23)24-18-3-5-19(6-4-18)25-22(27)20-2-1-7-28-20/h1-7,15-17H,8-14H2,(H,24,26)(H,25,27). The zero-order valence-electron chi connectivity index (χ0n) is 15.9. The maximum atomic E-state index is 12.7. The summed E-state index contributed by atoms with van der Waals surface area (Å²) in [5.74, 6) is 2.68. The minimum atomic E-state index is -0.288. The minimum Gasteiger partial charge on any atom is -0.459 e. The number of carbonyl (C=O) groups excluding carboxylic acids is 2. The van der Waals surface area contributed by atoms with Crippen LogP contribution in [0.2, 0.25) is 0 Å². The normalized spacial score (nSPS) is 30.2. The monoisotopic (exact) mass is 378 g/mol. The Morgan fingerprint density at radius 3 is 2.00 bits per heavy atom. The highest BCUT2D eigenvalue weighted by Crippen LogP contribution is 2.61. The topological polar surface area (TPSA) is 71.3 Å². The Kier molecular flexibility index (Phi) is 4.26. The van der Waals surface area contributed by atoms with Crippen molar-refractivity contribution in [1.29, 1.82) is 0 Å². The third-order valence-electron chi connectivity index (χ3n) is 6.87. The van der Waals surface area contributed by atoms with Crippen molar-refractivity contribution in [2.24, 2.45) is 23.2 Å². The van der Waals surface area contributed by atoms with Gasteiger partial charge in [-0.2, -0.15) is 0 Å². The summed E-state index contributed by atoms with van der Waals surface area (Å²) in [6, 6.07) is 10.5. The molecule has 4 bridgehead atoms. The molecule has 0 atom stereocenters. The summed E-state index contributed by atoms with van der Waals surface area (Å²) in [4.78, 5) is 24.7. The first-order chi connectivity index (χ1) is 13.6. The molecule has 4 saturated carbocycles. The summed E-state index contributed by atoms with van der Waals surface area (Å²) >= 11 is 0. The van der Waals surface area contributed by atoms with Crippen LogP contribution in [0.25, 0.3) is 0 Å². The van der Waals surface area contributed by atoms with Crippen molar-refractivity contribution in [3.8, 4) is 0 Å². The molecule has 0 radical (unpaired) electrons. The summed E-state index contributed by atoms with van der Waals surface area (Å²) in [6.45, 7) is 0. The van der Waals surface area contributed by atoms with Crippen LogP contribution in [0.4, 0.5) is 11.4 Å². The molecule has 1 heterocycles. The highest BCUT2D eigenvalue weighted by molar-refractivity contribution is 6.02. The number of amides is 2. The zero-order chi connectivity index (χ0) is 19.1. The van der Waals surface area contributed by atoms with Crippen LogP contribution < -0.4 is 10.6 Å². The molecule has 1 aromatic carbocycles. The molecule has 4 aliphatic rings. The molecule has 0 aliphatic heterocycles. The van der Waals surface area contributed by atoms with Gasteiger partial charge in [-0.1, -0.05) is 0 Å². The molecular formula is C23H26N2O3. The van der Waals surface area contributed by atoms with Crippen LogP contribution in [0.15, 0.2) is 47.1 Å². The highest BCUT2D eigenvalue weighted by Gasteiger charge is 2.51. The lowest BCUT2D eigenvalue weighted by Gasteiger charge is -2.56. The third kappa shape index (κ3) is 3.46. The molecule has 6 rings (SSSR count). The lowest BCUT2D eigenvalue weighted by Crippen LogP contribution is -2.47. The van der Waals surface area contributed by atoms with Crippen molar-refractivity contribution < 1.29 is 14.0 Å². The molecule has 28 heavy (non-hydrogen) atoms. The Balaban J connectivity index is 1.18. The molecule has 5 heteroatoms. The van der Waals surface area contributed by atoms with E-state index in [1.54, 1.807) is 24.3 Å². The molecule has 4 fully saturated rings. The maximum Gasteiger partial charge on any atom is 0.291 e. The van der Waals surface area contributed by atoms with Gasteiger partial charge < -0.3 is 15.1 Å². The minimum absolute atomic E-state index is 0.120. The van der Waals surface area contributed by atoms with Crippen molar-refractivity contribution >= 4 is 23.2 Å². The molecule has 2 N–H and O–H groups in total. The van der Waals surface area contributed by atoms with E-state index in [0.717, 1.165) is 23.4 Å². The first kappa shape index (κ1) is 17.5. The molecule has 0 spiro atoms. The molecule has 4 aliphatic carbocycles. The van der Waals surface area contributed by atoms with Crippen LogP contribution in [0.5, 0.6) is 0 Å². The predicted molar refractivity (Wildman–Crippen MR) is 107 cm³/mol. The summed E-state index contributed by atoms with van der Waals surface area (Å²) in [5.41, 5.74) is 1.68. The zero-order valence-corrected chi connectivity index (χ0v) is 15.9. The van der Waals surface area contributed by atoms with Crippen LogP contribution in [-0.4, -0.2) is 11.8 Å². The van der Waals surface area contributed by atoms with Crippen molar-refractivity contribution in [3.63, 3.8) is 0 Å². The summed E-state index contributed by atoms with van der Waals surface area (Å²) < 4.78 is 5.09. The van der Waals surface area contributed by atoms with Crippen LogP contribution in [0.3, 0.4) is 0 Å². The van der Waals surface area contributed by atoms with Gasteiger partial charge in [-0.05, 0) is 98.1 Å². The van der Waals surface area contributed by atoms with Gasteiger partial charge >= 0.3 is 0 Å². The van der Waals surface area contributed by atoms with Gasteiger partial charge in [0.25, 0.3) is 5.91 Å². The van der Waals surface area contributed by atoms with Gasteiger partial charge in [-0.25, -0.2) is 0 Å². The van der Waals surface area contributed by atoms with Gasteiger partial charge in [0.05, 0.1) is 6.26 Å². The molecule has 1 aromatic heterocycles. The Hall–Kier alpha value is -2.56. The Morgan fingerprint density at radius 1 is 0.893 bits per heavy atom. The molecule has 2 aromatic rings. The van der Waals surface area contributed by atoms with Gasteiger partial charge in [0.2, 0.25) is 5.91 Å². The van der Waals surface area contributed by atoms with Gasteiger partial charge in [0, 0.05) is 17.8 Å². The smallest absolute Gasteiger partial charge is 0.291 e. The Bertz CT molecular complexity index is 834. The summed E-state index contributed by atoms with van der Waals surface area (Å²) in [6.07, 6.45) is 10.0. The maximum absolute atomic E-state index is 12.7. The molecule has 146 valence electrons. The molecule has 5 nitrogen and oxygen atoms in total. The van der Waals surface area contributed by atoms with E-state index in [1.165, 1.54) is 44.8 Å². The number of rotatable bonds is 5. The fraction of sp³-hybridized carbons (Fsp3) is 0.478. The Labute approximate surface area is 164 Å². The second kappa shape index (κ2) is 6.80. The number of anilines is 2. The van der Waals surface area contributed by atoms with Crippen LogP contribution >= 0.6 is 0 Å². The average Bonchev–Trinajstić information content (AvgIpc) is 3.16. The second-order valence-electron chi connectivity index (χ2n) is 9.15. The van der Waals surface area contributed by atoms with Crippen molar-refractivity contribution in [1.82, 2.24) is 0 Å². The summed E-state index contributed by atoms with van der Waals surface area (Å²) in [7, 11) is 0. The number of benzene rings is 1. The van der Waals surface area contributed by atoms with E-state index in [2.05, 4.69) is 10.6 Å². The first-order valence-corrected chi connectivity index (χ1v) is 10.3. The lowest BCUT2D eigenvalue weighted by molar-refractivity contribution is -0.124. The van der Waals surface area contributed by atoms with Gasteiger partial charge in [-0.3, -0.25) is 9.59 Å². The summed E-state index contributed by atoms with van der Waals surface area (Å²) in [5, 5.41) is 5.84. The number of furan rings is 1. The van der Waals surface area contributed by atoms with E-state index in [4.69, 9.17) is 4.42 Å². The lowest BCUT2D eigenvalue weighted by atomic mass is 9.49. The van der Waals surface area contributed by atoms with E-state index in [0.29, 0.717) is 12.1 Å². The quantitative estimate of drug-likeness (QED) is 0.762. The predicted octanol–water partition coefficient (Wildman–Crippen LogP) is 5.08. The first-order valence-electron chi connectivity index (χ1n) is 10.3. The van der Waals surface area contributed by atoms with Crippen LogP contribution in [0, 0.1) is 23.2 Å². The van der Waals surface area contributed by atoms with E-state index < -0.39 is 0 Å². The third-order valence-corrected chi connectivity index (χ3v) is 6.87. The Morgan fingerprint density at radius 2 is 1.46 bits per heavy atom. The fourth-order valence-electron chi connectivity index (χ4n) is 6.29. The van der Waals surface area contributed by atoms with E-state index >= 15 is 0 Å². The number of nitrogens with one attached hydrogen (secondary N) is 2. The van der Waals surface area contributed by atoms with Crippen molar-refractivity contribution in [2.75, 3.05) is 10.6 Å². The molecule has 0 saturated heterocycles. The molecular weight excluding hydrogens is 352 g/mol. The fourth-order valence-corrected chi connectivity index (χ4v) is 6.29. The van der Waals surface area contributed by atoms with Gasteiger partial charge in [-0.15, -0.1) is 0 Å². The van der Waals surface area contributed by atoms with E-state index in [9.17, 15) is 9.59 Å². The van der Waals surface area contributed by atoms with Crippen molar-refractivity contribution in [3.05, 3.63) is 48.4 Å². The molecule has 2 amide bonds. The largest absolute Gasteiger partial charge is 0.459 e. The number of hydrogen-bond acceptors (Lipinski definition) is 3. The number of hydrogen-bond donors (Lipinski definition) is 2. The number of carbonyl (C=O) groups is 2. The van der Waals surface area contributed by atoms with Gasteiger partial charge in [0.1, 0.15) is 0 Å². The van der Waals surface area contributed by atoms with Crippen LogP contribution in [0.1, 0.15) is 55.5 Å². The average molecular weight is 378 g/mol. The molecule has 0 unspecified atom stereocenters. The van der Waals surface area contributed by atoms with E-state index in [1.807, 2.05) is 12.1 Å². The second-order valence-corrected chi connectivity index (χ2v) is 9.15. The van der Waals surface area contributed by atoms with Gasteiger partial charge in [0.15, 0.2) is 5.76 Å². The highest BCUT2D eigenvalue weighted by atomic mass is 16.3. The van der Waals surface area contributed by atoms with E-state index in [-0.39, 0.29) is 23.0 Å². The SMILES string of the molecule is O=C(CC12CC3CC(CC(C3)C1)C2)Nc1ccc(NC(=O)c2ccco2)cc1. The van der Waals surface area contributed by atoms with Crippen molar-refractivity contribution in [2.45, 2.75) is 44.9 Å². The van der Waals surface area contributed by atoms with Crippen LogP contribution in [-0.2, 0) is 4.79 Å².